The van der Waals surface area contributed by atoms with Crippen molar-refractivity contribution >= 4 is 28.7 Å². The van der Waals surface area contributed by atoms with Crippen molar-refractivity contribution in [2.45, 2.75) is 20.3 Å². The fraction of sp³-hybridized carbons (Fsp3) is 0.350. The highest BCUT2D eigenvalue weighted by Crippen LogP contribution is 2.53. The summed E-state index contributed by atoms with van der Waals surface area (Å²) < 4.78 is 14.5. The second kappa shape index (κ2) is 4.88. The van der Waals surface area contributed by atoms with Gasteiger partial charge in [-0.1, -0.05) is 44.3 Å². The second-order valence-corrected chi connectivity index (χ2v) is 7.79. The van der Waals surface area contributed by atoms with Gasteiger partial charge >= 0.3 is 0 Å². The van der Waals surface area contributed by atoms with E-state index >= 15 is 0 Å². The number of piperidine rings is 1. The number of rotatable bonds is 1. The molecule has 1 atom stereocenters. The van der Waals surface area contributed by atoms with Crippen molar-refractivity contribution in [3.05, 3.63) is 58.6 Å². The van der Waals surface area contributed by atoms with Crippen LogP contribution in [0, 0.1) is 17.2 Å². The molecule has 0 spiro atoms. The van der Waals surface area contributed by atoms with Gasteiger partial charge in [-0.15, -0.1) is 0 Å². The number of fused-ring (bicyclic) bond motifs is 5. The number of allylic oxidation sites excluding steroid dienone is 5. The van der Waals surface area contributed by atoms with Crippen molar-refractivity contribution in [3.63, 3.8) is 0 Å². The molecule has 0 N–H and O–H groups in total. The Hall–Kier alpha value is -1.74. The van der Waals surface area contributed by atoms with E-state index in [0.29, 0.717) is 5.92 Å². The standard InChI is InChI=1S/C20H20FNS/c1-20(2)9-14-17(22(3)11-20)8-7-13-18(14)15(10-23)12-5-4-6-16(21)19(12)13/h4-8,10,14H,9,11H2,1-3H3. The molecule has 0 aromatic heterocycles. The van der Waals surface area contributed by atoms with E-state index < -0.39 is 0 Å². The molecule has 0 saturated carbocycles. The van der Waals surface area contributed by atoms with Gasteiger partial charge in [0.1, 0.15) is 5.82 Å². The first-order valence-electron chi connectivity index (χ1n) is 8.05. The fourth-order valence-electron chi connectivity index (χ4n) is 4.51. The molecule has 118 valence electrons. The van der Waals surface area contributed by atoms with Crippen LogP contribution in [-0.4, -0.2) is 23.9 Å². The summed E-state index contributed by atoms with van der Waals surface area (Å²) >= 11 is 5.31. The Balaban J connectivity index is 1.96. The van der Waals surface area contributed by atoms with Crippen molar-refractivity contribution in [3.8, 4) is 0 Å². The first-order chi connectivity index (χ1) is 10.9. The number of nitrogens with zero attached hydrogens (tertiary/aromatic N) is 1. The van der Waals surface area contributed by atoms with Crippen LogP contribution in [0.2, 0.25) is 0 Å². The fourth-order valence-corrected chi connectivity index (χ4v) is 4.76. The zero-order valence-corrected chi connectivity index (χ0v) is 14.5. The van der Waals surface area contributed by atoms with E-state index in [-0.39, 0.29) is 11.2 Å². The predicted octanol–water partition coefficient (Wildman–Crippen LogP) is 4.85. The predicted molar refractivity (Wildman–Crippen MR) is 97.6 cm³/mol. The average Bonchev–Trinajstić information content (AvgIpc) is 2.81. The third kappa shape index (κ3) is 2.06. The van der Waals surface area contributed by atoms with E-state index in [0.717, 1.165) is 35.2 Å². The second-order valence-electron chi connectivity index (χ2n) is 7.56. The molecule has 0 radical (unpaired) electrons. The Morgan fingerprint density at radius 3 is 2.83 bits per heavy atom. The summed E-state index contributed by atoms with van der Waals surface area (Å²) in [4.78, 5) is 2.34. The summed E-state index contributed by atoms with van der Waals surface area (Å²) in [5, 5.41) is 1.74. The van der Waals surface area contributed by atoms with Crippen molar-refractivity contribution in [1.82, 2.24) is 4.90 Å². The molecule has 4 rings (SSSR count). The third-order valence-corrected chi connectivity index (χ3v) is 5.50. The van der Waals surface area contributed by atoms with E-state index in [4.69, 9.17) is 12.2 Å². The smallest absolute Gasteiger partial charge is 0.131 e. The van der Waals surface area contributed by atoms with E-state index in [1.807, 2.05) is 6.07 Å². The topological polar surface area (TPSA) is 3.24 Å². The summed E-state index contributed by atoms with van der Waals surface area (Å²) in [6.45, 7) is 5.65. The van der Waals surface area contributed by atoms with Gasteiger partial charge in [-0.25, -0.2) is 4.39 Å². The highest BCUT2D eigenvalue weighted by atomic mass is 32.1. The maximum absolute atomic E-state index is 14.5. The van der Waals surface area contributed by atoms with E-state index in [9.17, 15) is 4.39 Å². The highest BCUT2D eigenvalue weighted by Gasteiger charge is 2.42. The van der Waals surface area contributed by atoms with Crippen LogP contribution in [0.3, 0.4) is 0 Å². The summed E-state index contributed by atoms with van der Waals surface area (Å²) in [6, 6.07) is 5.30. The van der Waals surface area contributed by atoms with Gasteiger partial charge in [0.2, 0.25) is 0 Å². The lowest BCUT2D eigenvalue weighted by Gasteiger charge is -2.46. The van der Waals surface area contributed by atoms with Crippen molar-refractivity contribution in [1.29, 1.82) is 0 Å². The van der Waals surface area contributed by atoms with Gasteiger partial charge in [0.05, 0.1) is 0 Å². The third-order valence-electron chi connectivity index (χ3n) is 5.26. The number of benzene rings is 1. The first kappa shape index (κ1) is 14.8. The molecule has 0 bridgehead atoms. The lowest BCUT2D eigenvalue weighted by molar-refractivity contribution is 0.153. The number of halogens is 1. The molecule has 1 heterocycles. The van der Waals surface area contributed by atoms with E-state index in [1.54, 1.807) is 17.5 Å². The Morgan fingerprint density at radius 1 is 1.30 bits per heavy atom. The summed E-state index contributed by atoms with van der Waals surface area (Å²) in [5.41, 5.74) is 6.49. The summed E-state index contributed by atoms with van der Waals surface area (Å²) in [7, 11) is 2.15. The Morgan fingerprint density at radius 2 is 2.09 bits per heavy atom. The lowest BCUT2D eigenvalue weighted by Crippen LogP contribution is -2.42. The average molecular weight is 325 g/mol. The molecule has 1 fully saturated rings. The summed E-state index contributed by atoms with van der Waals surface area (Å²) in [5.74, 6) is 0.142. The minimum Gasteiger partial charge on any atom is -0.377 e. The van der Waals surface area contributed by atoms with Gasteiger partial charge in [-0.2, -0.15) is 0 Å². The molecular weight excluding hydrogens is 305 g/mol. The normalized spacial score (nSPS) is 24.5. The Kier molecular flexibility index (Phi) is 3.14. The van der Waals surface area contributed by atoms with Gasteiger partial charge < -0.3 is 4.90 Å². The first-order valence-corrected chi connectivity index (χ1v) is 8.52. The largest absolute Gasteiger partial charge is 0.377 e. The zero-order chi connectivity index (χ0) is 16.4. The quantitative estimate of drug-likeness (QED) is 0.679. The van der Waals surface area contributed by atoms with Crippen LogP contribution in [0.1, 0.15) is 31.4 Å². The van der Waals surface area contributed by atoms with Crippen LogP contribution >= 0.6 is 12.2 Å². The number of thiocarbonyl (C=S) groups is 1. The molecule has 1 aromatic rings. The molecule has 3 heteroatoms. The van der Waals surface area contributed by atoms with Gasteiger partial charge in [0.25, 0.3) is 0 Å². The van der Waals surface area contributed by atoms with Gasteiger partial charge in [0, 0.05) is 36.1 Å². The van der Waals surface area contributed by atoms with Crippen LogP contribution in [0.4, 0.5) is 4.39 Å². The minimum atomic E-state index is -0.154. The molecule has 0 amide bonds. The number of likely N-dealkylation sites (tertiary alicyclic amines) is 1. The summed E-state index contributed by atoms with van der Waals surface area (Å²) in [6.07, 6.45) is 5.31. The van der Waals surface area contributed by atoms with Crippen molar-refractivity contribution < 1.29 is 4.39 Å². The van der Waals surface area contributed by atoms with E-state index in [1.165, 1.54) is 11.3 Å². The van der Waals surface area contributed by atoms with Crippen molar-refractivity contribution in [2.24, 2.45) is 11.3 Å². The minimum absolute atomic E-state index is 0.154. The van der Waals surface area contributed by atoms with Crippen LogP contribution in [0.15, 0.2) is 41.6 Å². The number of hydrogen-bond acceptors (Lipinski definition) is 2. The molecule has 1 saturated heterocycles. The Bertz CT molecular complexity index is 813. The highest BCUT2D eigenvalue weighted by molar-refractivity contribution is 7.79. The zero-order valence-electron chi connectivity index (χ0n) is 13.7. The van der Waals surface area contributed by atoms with Gasteiger partial charge in [-0.3, -0.25) is 0 Å². The molecular formula is C20H20FNS. The SMILES string of the molecule is CN1CC(C)(C)CC2C1=CC=C1C2=C(C=S)c2cccc(F)c21. The molecule has 1 aliphatic heterocycles. The molecule has 3 aliphatic rings. The molecule has 1 unspecified atom stereocenters. The maximum atomic E-state index is 14.5. The van der Waals surface area contributed by atoms with Gasteiger partial charge in [-0.05, 0) is 46.3 Å². The molecule has 2 aliphatic carbocycles. The lowest BCUT2D eigenvalue weighted by atomic mass is 9.71. The van der Waals surface area contributed by atoms with Crippen LogP contribution in [0.25, 0.3) is 11.1 Å². The van der Waals surface area contributed by atoms with Crippen LogP contribution in [0.5, 0.6) is 0 Å². The number of hydrogen-bond donors (Lipinski definition) is 0. The van der Waals surface area contributed by atoms with Crippen LogP contribution in [-0.2, 0) is 0 Å². The van der Waals surface area contributed by atoms with Gasteiger partial charge in [0.15, 0.2) is 0 Å². The monoisotopic (exact) mass is 325 g/mol. The maximum Gasteiger partial charge on any atom is 0.131 e. The van der Waals surface area contributed by atoms with Crippen molar-refractivity contribution in [2.75, 3.05) is 13.6 Å². The molecule has 1 nitrogen and oxygen atoms in total. The molecule has 1 aromatic carbocycles. The van der Waals surface area contributed by atoms with Crippen LogP contribution < -0.4 is 0 Å². The molecule has 23 heavy (non-hydrogen) atoms. The van der Waals surface area contributed by atoms with E-state index in [2.05, 4.69) is 37.9 Å². The Labute approximate surface area is 142 Å².